The molecule has 2 aromatic rings. The fraction of sp³-hybridized carbons (Fsp3) is 0.286. The molecule has 2 rings (SSSR count). The van der Waals surface area contributed by atoms with E-state index >= 15 is 0 Å². The number of ether oxygens (including phenoxy) is 1. The summed E-state index contributed by atoms with van der Waals surface area (Å²) in [6.45, 7) is 3.42. The van der Waals surface area contributed by atoms with Crippen LogP contribution in [0.2, 0.25) is 0 Å². The standard InChI is InChI=1S/C14H15Cl2NO/c1-2-7-18-13-3-4-14-11(8-13)5-6-17(14)10-12(16)9-15/h3-6,8-9H,2,7,10H2,1H3/b12-9-. The Labute approximate surface area is 117 Å². The lowest BCUT2D eigenvalue weighted by Crippen LogP contribution is -1.96. The molecule has 0 saturated carbocycles. The minimum atomic E-state index is 0.587. The van der Waals surface area contributed by atoms with Gasteiger partial charge in [-0.3, -0.25) is 0 Å². The van der Waals surface area contributed by atoms with Crippen LogP contribution in [0.25, 0.3) is 10.9 Å². The van der Waals surface area contributed by atoms with E-state index in [2.05, 4.69) is 11.5 Å². The van der Waals surface area contributed by atoms with Crippen molar-refractivity contribution in [3.05, 3.63) is 41.0 Å². The number of fused-ring (bicyclic) bond motifs is 1. The van der Waals surface area contributed by atoms with Crippen molar-refractivity contribution < 1.29 is 4.74 Å². The summed E-state index contributed by atoms with van der Waals surface area (Å²) in [5.74, 6) is 0.904. The number of aromatic nitrogens is 1. The van der Waals surface area contributed by atoms with Crippen molar-refractivity contribution in [1.82, 2.24) is 4.57 Å². The summed E-state index contributed by atoms with van der Waals surface area (Å²) in [5.41, 5.74) is 2.52. The summed E-state index contributed by atoms with van der Waals surface area (Å²) in [6, 6.07) is 8.11. The van der Waals surface area contributed by atoms with E-state index in [1.807, 2.05) is 30.5 Å². The Bertz CT molecular complexity index is 560. The van der Waals surface area contributed by atoms with E-state index in [1.54, 1.807) is 0 Å². The number of nitrogens with zero attached hydrogens (tertiary/aromatic N) is 1. The van der Waals surface area contributed by atoms with Gasteiger partial charge >= 0.3 is 0 Å². The van der Waals surface area contributed by atoms with Gasteiger partial charge in [0.1, 0.15) is 5.75 Å². The minimum Gasteiger partial charge on any atom is -0.494 e. The van der Waals surface area contributed by atoms with E-state index in [4.69, 9.17) is 27.9 Å². The zero-order chi connectivity index (χ0) is 13.0. The van der Waals surface area contributed by atoms with Crippen molar-refractivity contribution in [3.63, 3.8) is 0 Å². The van der Waals surface area contributed by atoms with Crippen LogP contribution in [-0.2, 0) is 6.54 Å². The largest absolute Gasteiger partial charge is 0.494 e. The molecule has 0 aliphatic rings. The van der Waals surface area contributed by atoms with E-state index < -0.39 is 0 Å². The van der Waals surface area contributed by atoms with E-state index in [1.165, 1.54) is 5.54 Å². The minimum absolute atomic E-state index is 0.587. The Morgan fingerprint density at radius 3 is 2.94 bits per heavy atom. The lowest BCUT2D eigenvalue weighted by atomic mass is 10.2. The highest BCUT2D eigenvalue weighted by Gasteiger charge is 2.04. The van der Waals surface area contributed by atoms with Gasteiger partial charge in [-0.1, -0.05) is 30.1 Å². The summed E-state index contributed by atoms with van der Waals surface area (Å²) >= 11 is 11.5. The third kappa shape index (κ3) is 3.01. The maximum atomic E-state index is 5.94. The van der Waals surface area contributed by atoms with Crippen LogP contribution in [0.1, 0.15) is 13.3 Å². The number of benzene rings is 1. The number of hydrogen-bond acceptors (Lipinski definition) is 1. The number of halogens is 2. The van der Waals surface area contributed by atoms with Crippen LogP contribution in [0.4, 0.5) is 0 Å². The predicted octanol–water partition coefficient (Wildman–Crippen LogP) is 4.75. The highest BCUT2D eigenvalue weighted by atomic mass is 35.5. The molecule has 0 unspecified atom stereocenters. The first-order valence-corrected chi connectivity index (χ1v) is 6.72. The molecule has 0 spiro atoms. The molecular formula is C14H15Cl2NO. The molecule has 18 heavy (non-hydrogen) atoms. The van der Waals surface area contributed by atoms with Gasteiger partial charge in [0.15, 0.2) is 0 Å². The van der Waals surface area contributed by atoms with Crippen molar-refractivity contribution in [2.45, 2.75) is 19.9 Å². The first-order valence-electron chi connectivity index (χ1n) is 5.91. The smallest absolute Gasteiger partial charge is 0.120 e. The Hall–Kier alpha value is -1.12. The highest BCUT2D eigenvalue weighted by molar-refractivity contribution is 6.36. The Kier molecular flexibility index (Phi) is 4.56. The van der Waals surface area contributed by atoms with Crippen LogP contribution in [0.5, 0.6) is 5.75 Å². The SMILES string of the molecule is CCCOc1ccc2c(ccn2C/C(Cl)=C/Cl)c1. The summed E-state index contributed by atoms with van der Waals surface area (Å²) < 4.78 is 7.66. The molecule has 0 aliphatic carbocycles. The first-order chi connectivity index (χ1) is 8.74. The summed E-state index contributed by atoms with van der Waals surface area (Å²) in [4.78, 5) is 0. The number of allylic oxidation sites excluding steroid dienone is 1. The van der Waals surface area contributed by atoms with Crippen LogP contribution >= 0.6 is 23.2 Å². The maximum absolute atomic E-state index is 5.94. The molecule has 1 aromatic heterocycles. The zero-order valence-electron chi connectivity index (χ0n) is 10.2. The van der Waals surface area contributed by atoms with Gasteiger partial charge in [0.05, 0.1) is 13.2 Å². The molecule has 0 N–H and O–H groups in total. The first kappa shape index (κ1) is 13.3. The fourth-order valence-corrected chi connectivity index (χ4v) is 2.02. The van der Waals surface area contributed by atoms with E-state index in [0.717, 1.165) is 29.7 Å². The quantitative estimate of drug-likeness (QED) is 0.772. The summed E-state index contributed by atoms with van der Waals surface area (Å²) in [5, 5.41) is 1.75. The molecule has 96 valence electrons. The van der Waals surface area contributed by atoms with Crippen molar-refractivity contribution in [1.29, 1.82) is 0 Å². The van der Waals surface area contributed by atoms with Gasteiger partial charge in [-0.25, -0.2) is 0 Å². The zero-order valence-corrected chi connectivity index (χ0v) is 11.7. The Morgan fingerprint density at radius 1 is 1.39 bits per heavy atom. The lowest BCUT2D eigenvalue weighted by molar-refractivity contribution is 0.318. The molecule has 1 heterocycles. The van der Waals surface area contributed by atoms with Gasteiger partial charge in [-0.15, -0.1) is 0 Å². The van der Waals surface area contributed by atoms with Crippen LogP contribution in [-0.4, -0.2) is 11.2 Å². The van der Waals surface area contributed by atoms with Crippen LogP contribution in [0, 0.1) is 0 Å². The van der Waals surface area contributed by atoms with Gasteiger partial charge < -0.3 is 9.30 Å². The van der Waals surface area contributed by atoms with Gasteiger partial charge in [0.25, 0.3) is 0 Å². The fourth-order valence-electron chi connectivity index (χ4n) is 1.82. The van der Waals surface area contributed by atoms with Crippen LogP contribution in [0.3, 0.4) is 0 Å². The average Bonchev–Trinajstić information content (AvgIpc) is 2.78. The maximum Gasteiger partial charge on any atom is 0.120 e. The summed E-state index contributed by atoms with van der Waals surface area (Å²) in [7, 11) is 0. The van der Waals surface area contributed by atoms with Gasteiger partial charge in [0, 0.05) is 27.7 Å². The second-order valence-electron chi connectivity index (χ2n) is 4.07. The Balaban J connectivity index is 2.26. The molecule has 0 fully saturated rings. The molecule has 1 aromatic carbocycles. The molecular weight excluding hydrogens is 269 g/mol. The van der Waals surface area contributed by atoms with Crippen molar-refractivity contribution in [3.8, 4) is 5.75 Å². The van der Waals surface area contributed by atoms with Crippen molar-refractivity contribution >= 4 is 34.1 Å². The molecule has 0 bridgehead atoms. The molecule has 0 radical (unpaired) electrons. The highest BCUT2D eigenvalue weighted by Crippen LogP contribution is 2.23. The molecule has 0 amide bonds. The van der Waals surface area contributed by atoms with Crippen molar-refractivity contribution in [2.75, 3.05) is 6.61 Å². The van der Waals surface area contributed by atoms with Crippen molar-refractivity contribution in [2.24, 2.45) is 0 Å². The topological polar surface area (TPSA) is 14.2 Å². The third-order valence-electron chi connectivity index (χ3n) is 2.66. The third-order valence-corrected chi connectivity index (χ3v) is 3.26. The molecule has 0 saturated heterocycles. The normalized spacial score (nSPS) is 12.1. The summed E-state index contributed by atoms with van der Waals surface area (Å²) in [6.07, 6.45) is 3.01. The van der Waals surface area contributed by atoms with Crippen LogP contribution in [0.15, 0.2) is 41.0 Å². The van der Waals surface area contributed by atoms with Gasteiger partial charge in [-0.2, -0.15) is 0 Å². The van der Waals surface area contributed by atoms with E-state index in [-0.39, 0.29) is 0 Å². The van der Waals surface area contributed by atoms with E-state index in [0.29, 0.717) is 11.6 Å². The molecule has 0 aliphatic heterocycles. The lowest BCUT2D eigenvalue weighted by Gasteiger charge is -2.06. The van der Waals surface area contributed by atoms with E-state index in [9.17, 15) is 0 Å². The second-order valence-corrected chi connectivity index (χ2v) is 4.77. The van der Waals surface area contributed by atoms with Gasteiger partial charge in [0.2, 0.25) is 0 Å². The second kappa shape index (κ2) is 6.17. The predicted molar refractivity (Wildman–Crippen MR) is 77.5 cm³/mol. The number of hydrogen-bond donors (Lipinski definition) is 0. The monoisotopic (exact) mass is 283 g/mol. The molecule has 2 nitrogen and oxygen atoms in total. The average molecular weight is 284 g/mol. The Morgan fingerprint density at radius 2 is 2.22 bits per heavy atom. The molecule has 0 atom stereocenters. The van der Waals surface area contributed by atoms with Gasteiger partial charge in [-0.05, 0) is 30.7 Å². The molecule has 4 heteroatoms. The number of rotatable bonds is 5. The van der Waals surface area contributed by atoms with Crippen LogP contribution < -0.4 is 4.74 Å².